The molecule has 0 fully saturated rings. The Hall–Kier alpha value is -2.82. The minimum atomic E-state index is -0.0229. The van der Waals surface area contributed by atoms with E-state index in [1.54, 1.807) is 11.1 Å². The normalized spacial score (nSPS) is 10.8. The molecular weight excluding hydrogens is 312 g/mol. The largest absolute Gasteiger partial charge is 0.385 e. The first-order chi connectivity index (χ1) is 12.2. The van der Waals surface area contributed by atoms with Crippen LogP contribution in [0, 0.1) is 0 Å². The van der Waals surface area contributed by atoms with Gasteiger partial charge in [0.1, 0.15) is 5.69 Å². The number of hydrogen-bond acceptors (Lipinski definition) is 3. The third-order valence-electron chi connectivity index (χ3n) is 4.43. The van der Waals surface area contributed by atoms with Crippen LogP contribution in [-0.2, 0) is 6.42 Å². The highest BCUT2D eigenvalue weighted by Crippen LogP contribution is 2.18. The molecule has 2 aromatic heterocycles. The van der Waals surface area contributed by atoms with Gasteiger partial charge in [0.05, 0.1) is 0 Å². The Balaban J connectivity index is 1.64. The minimum Gasteiger partial charge on any atom is -0.385 e. The first-order valence-corrected chi connectivity index (χ1v) is 8.77. The number of anilines is 1. The molecule has 5 heteroatoms. The average molecular weight is 336 g/mol. The van der Waals surface area contributed by atoms with Gasteiger partial charge in [0, 0.05) is 48.6 Å². The average Bonchev–Trinajstić information content (AvgIpc) is 3.06. The Morgan fingerprint density at radius 1 is 1.20 bits per heavy atom. The van der Waals surface area contributed by atoms with Gasteiger partial charge < -0.3 is 15.2 Å². The molecule has 25 heavy (non-hydrogen) atoms. The Bertz CT molecular complexity index is 852. The molecule has 0 aliphatic heterocycles. The summed E-state index contributed by atoms with van der Waals surface area (Å²) in [5.74, 6) is -0.0229. The van der Waals surface area contributed by atoms with Crippen LogP contribution in [-0.4, -0.2) is 40.4 Å². The lowest BCUT2D eigenvalue weighted by atomic mass is 10.1. The van der Waals surface area contributed by atoms with Crippen molar-refractivity contribution in [3.05, 3.63) is 60.0 Å². The second kappa shape index (κ2) is 7.83. The monoisotopic (exact) mass is 336 g/mol. The molecule has 5 nitrogen and oxygen atoms in total. The van der Waals surface area contributed by atoms with Crippen LogP contribution in [0.5, 0.6) is 0 Å². The number of aromatic nitrogens is 2. The molecule has 2 N–H and O–H groups in total. The van der Waals surface area contributed by atoms with E-state index in [-0.39, 0.29) is 5.91 Å². The van der Waals surface area contributed by atoms with Crippen LogP contribution in [0.15, 0.2) is 48.8 Å². The smallest absolute Gasteiger partial charge is 0.272 e. The summed E-state index contributed by atoms with van der Waals surface area (Å²) in [6.45, 7) is 6.13. The van der Waals surface area contributed by atoms with Crippen molar-refractivity contribution < 1.29 is 4.79 Å². The van der Waals surface area contributed by atoms with Gasteiger partial charge in [-0.3, -0.25) is 9.78 Å². The number of H-pyrrole nitrogens is 1. The SMILES string of the molecule is CCN(CC)C(=O)c1cc(NCCc2c[nH]c3ccccc23)ccn1. The van der Waals surface area contributed by atoms with E-state index in [4.69, 9.17) is 0 Å². The topological polar surface area (TPSA) is 61.0 Å². The van der Waals surface area contributed by atoms with E-state index in [1.165, 1.54) is 10.9 Å². The molecule has 0 aliphatic rings. The van der Waals surface area contributed by atoms with Gasteiger partial charge in [0.25, 0.3) is 5.91 Å². The van der Waals surface area contributed by atoms with Gasteiger partial charge in [-0.25, -0.2) is 0 Å². The molecule has 0 saturated carbocycles. The van der Waals surface area contributed by atoms with Crippen molar-refractivity contribution in [1.29, 1.82) is 0 Å². The van der Waals surface area contributed by atoms with E-state index in [0.717, 1.165) is 24.2 Å². The Labute approximate surface area is 148 Å². The van der Waals surface area contributed by atoms with Crippen molar-refractivity contribution in [2.75, 3.05) is 25.0 Å². The van der Waals surface area contributed by atoms with Crippen LogP contribution >= 0.6 is 0 Å². The van der Waals surface area contributed by atoms with Crippen molar-refractivity contribution in [2.24, 2.45) is 0 Å². The van der Waals surface area contributed by atoms with E-state index in [1.807, 2.05) is 32.0 Å². The van der Waals surface area contributed by atoms with Crippen LogP contribution in [0.2, 0.25) is 0 Å². The van der Waals surface area contributed by atoms with Crippen molar-refractivity contribution in [3.8, 4) is 0 Å². The number of rotatable bonds is 7. The van der Waals surface area contributed by atoms with Gasteiger partial charge in [0.15, 0.2) is 0 Å². The summed E-state index contributed by atoms with van der Waals surface area (Å²) in [6.07, 6.45) is 4.66. The molecule has 0 unspecified atom stereocenters. The van der Waals surface area contributed by atoms with Crippen LogP contribution in [0.3, 0.4) is 0 Å². The number of nitrogens with one attached hydrogen (secondary N) is 2. The van der Waals surface area contributed by atoms with Gasteiger partial charge in [-0.2, -0.15) is 0 Å². The molecule has 1 aromatic carbocycles. The number of benzene rings is 1. The van der Waals surface area contributed by atoms with E-state index in [0.29, 0.717) is 18.8 Å². The molecule has 1 amide bonds. The van der Waals surface area contributed by atoms with E-state index in [9.17, 15) is 4.79 Å². The molecule has 130 valence electrons. The Morgan fingerprint density at radius 3 is 2.80 bits per heavy atom. The van der Waals surface area contributed by atoms with Gasteiger partial charge in [0.2, 0.25) is 0 Å². The van der Waals surface area contributed by atoms with Crippen molar-refractivity contribution >= 4 is 22.5 Å². The number of para-hydroxylation sites is 1. The number of pyridine rings is 1. The summed E-state index contributed by atoms with van der Waals surface area (Å²) in [4.78, 5) is 21.7. The lowest BCUT2D eigenvalue weighted by molar-refractivity contribution is 0.0767. The van der Waals surface area contributed by atoms with Gasteiger partial charge in [-0.05, 0) is 44.0 Å². The maximum Gasteiger partial charge on any atom is 0.272 e. The molecule has 0 radical (unpaired) electrons. The third-order valence-corrected chi connectivity index (χ3v) is 4.43. The Morgan fingerprint density at radius 2 is 2.00 bits per heavy atom. The first-order valence-electron chi connectivity index (χ1n) is 8.77. The van der Waals surface area contributed by atoms with Crippen molar-refractivity contribution in [2.45, 2.75) is 20.3 Å². The molecule has 0 aliphatic carbocycles. The fraction of sp³-hybridized carbons (Fsp3) is 0.300. The number of carbonyl (C=O) groups excluding carboxylic acids is 1. The fourth-order valence-corrected chi connectivity index (χ4v) is 3.01. The highest BCUT2D eigenvalue weighted by Gasteiger charge is 2.14. The van der Waals surface area contributed by atoms with E-state index >= 15 is 0 Å². The Kier molecular flexibility index (Phi) is 5.33. The van der Waals surface area contributed by atoms with E-state index < -0.39 is 0 Å². The predicted octanol–water partition coefficient (Wildman–Crippen LogP) is 3.70. The molecule has 0 spiro atoms. The maximum atomic E-state index is 12.4. The summed E-state index contributed by atoms with van der Waals surface area (Å²) in [7, 11) is 0. The number of amides is 1. The second-order valence-electron chi connectivity index (χ2n) is 5.94. The zero-order valence-corrected chi connectivity index (χ0v) is 14.7. The number of aromatic amines is 1. The third kappa shape index (κ3) is 3.82. The molecule has 0 saturated heterocycles. The van der Waals surface area contributed by atoms with Crippen molar-refractivity contribution in [1.82, 2.24) is 14.9 Å². The zero-order valence-electron chi connectivity index (χ0n) is 14.7. The lowest BCUT2D eigenvalue weighted by Gasteiger charge is -2.18. The summed E-state index contributed by atoms with van der Waals surface area (Å²) in [5.41, 5.74) is 3.86. The number of nitrogens with zero attached hydrogens (tertiary/aromatic N) is 2. The highest BCUT2D eigenvalue weighted by atomic mass is 16.2. The lowest BCUT2D eigenvalue weighted by Crippen LogP contribution is -2.31. The molecule has 3 aromatic rings. The molecule has 0 bridgehead atoms. The van der Waals surface area contributed by atoms with Gasteiger partial charge >= 0.3 is 0 Å². The quantitative estimate of drug-likeness (QED) is 0.691. The van der Waals surface area contributed by atoms with Crippen LogP contribution in [0.1, 0.15) is 29.9 Å². The second-order valence-corrected chi connectivity index (χ2v) is 5.94. The standard InChI is InChI=1S/C20H24N4O/c1-3-24(4-2)20(25)19-13-16(10-12-22-19)21-11-9-15-14-23-18-8-6-5-7-17(15)18/h5-8,10,12-14,23H,3-4,9,11H2,1-2H3,(H,21,22). The van der Waals surface area contributed by atoms with Crippen LogP contribution in [0.25, 0.3) is 10.9 Å². The molecule has 3 rings (SSSR count). The van der Waals surface area contributed by atoms with Gasteiger partial charge in [-0.1, -0.05) is 18.2 Å². The summed E-state index contributed by atoms with van der Waals surface area (Å²) in [5, 5.41) is 4.65. The van der Waals surface area contributed by atoms with Crippen LogP contribution < -0.4 is 5.32 Å². The van der Waals surface area contributed by atoms with Crippen molar-refractivity contribution in [3.63, 3.8) is 0 Å². The van der Waals surface area contributed by atoms with E-state index in [2.05, 4.69) is 39.7 Å². The van der Waals surface area contributed by atoms with Gasteiger partial charge in [-0.15, -0.1) is 0 Å². The number of fused-ring (bicyclic) bond motifs is 1. The highest BCUT2D eigenvalue weighted by molar-refractivity contribution is 5.93. The minimum absolute atomic E-state index is 0.0229. The zero-order chi connectivity index (χ0) is 17.6. The predicted molar refractivity (Wildman–Crippen MR) is 102 cm³/mol. The maximum absolute atomic E-state index is 12.4. The molecule has 0 atom stereocenters. The summed E-state index contributed by atoms with van der Waals surface area (Å²) < 4.78 is 0. The molecular formula is C20H24N4O. The summed E-state index contributed by atoms with van der Waals surface area (Å²) >= 11 is 0. The summed E-state index contributed by atoms with van der Waals surface area (Å²) in [6, 6.07) is 12.0. The molecule has 2 heterocycles. The number of carbonyl (C=O) groups is 1. The number of hydrogen-bond donors (Lipinski definition) is 2. The first kappa shape index (κ1) is 17.0. The fourth-order valence-electron chi connectivity index (χ4n) is 3.01. The van der Waals surface area contributed by atoms with Crippen LogP contribution in [0.4, 0.5) is 5.69 Å².